The first kappa shape index (κ1) is 15.1. The van der Waals surface area contributed by atoms with Crippen molar-refractivity contribution >= 4 is 27.7 Å². The number of carbonyl (C=O) groups excluding carboxylic acids is 2. The van der Waals surface area contributed by atoms with Gasteiger partial charge in [-0.2, -0.15) is 0 Å². The molecule has 0 saturated heterocycles. The van der Waals surface area contributed by atoms with E-state index in [1.807, 2.05) is 4.72 Å². The molecule has 1 aliphatic carbocycles. The maximum atomic E-state index is 12.2. The maximum Gasteiger partial charge on any atom is 0.339 e. The van der Waals surface area contributed by atoms with Crippen LogP contribution in [0.3, 0.4) is 0 Å². The number of benzene rings is 1. The zero-order chi connectivity index (χ0) is 15.6. The number of carbonyl (C=O) groups is 2. The summed E-state index contributed by atoms with van der Waals surface area (Å²) in [4.78, 5) is 22.8. The molecule has 0 unspecified atom stereocenters. The van der Waals surface area contributed by atoms with Gasteiger partial charge in [0.05, 0.1) is 12.7 Å². The largest absolute Gasteiger partial charge is 0.465 e. The zero-order valence-electron chi connectivity index (χ0n) is 11.3. The van der Waals surface area contributed by atoms with Crippen LogP contribution >= 0.6 is 0 Å². The molecule has 9 heteroatoms. The zero-order valence-corrected chi connectivity index (χ0v) is 12.1. The van der Waals surface area contributed by atoms with Crippen LogP contribution in [0.15, 0.2) is 23.1 Å². The summed E-state index contributed by atoms with van der Waals surface area (Å²) in [5, 5.41) is 2.48. The molecule has 0 spiro atoms. The molecule has 0 heterocycles. The number of rotatable bonds is 4. The number of nitrogens with two attached hydrogens (primary N) is 1. The van der Waals surface area contributed by atoms with Gasteiger partial charge < -0.3 is 15.8 Å². The maximum absolute atomic E-state index is 12.2. The van der Waals surface area contributed by atoms with Gasteiger partial charge in [0.1, 0.15) is 4.90 Å². The predicted molar refractivity (Wildman–Crippen MR) is 74.1 cm³/mol. The Kier molecular flexibility index (Phi) is 4.03. The highest BCUT2D eigenvalue weighted by atomic mass is 32.2. The van der Waals surface area contributed by atoms with E-state index in [0.29, 0.717) is 0 Å². The molecule has 0 atom stereocenters. The normalized spacial score (nSPS) is 14.3. The lowest BCUT2D eigenvalue weighted by Gasteiger charge is -2.11. The van der Waals surface area contributed by atoms with E-state index in [-0.39, 0.29) is 22.2 Å². The Morgan fingerprint density at radius 2 is 2.00 bits per heavy atom. The number of hydrogen-bond donors (Lipinski definition) is 3. The molecule has 1 aliphatic rings. The molecule has 1 fully saturated rings. The Morgan fingerprint density at radius 1 is 1.33 bits per heavy atom. The van der Waals surface area contributed by atoms with Gasteiger partial charge in [-0.25, -0.2) is 22.7 Å². The first-order valence-electron chi connectivity index (χ1n) is 6.14. The fraction of sp³-hybridized carbons (Fsp3) is 0.333. The Labute approximate surface area is 121 Å². The number of hydrogen-bond acceptors (Lipinski definition) is 6. The van der Waals surface area contributed by atoms with Crippen molar-refractivity contribution in [2.24, 2.45) is 0 Å². The first-order chi connectivity index (χ1) is 9.83. The average Bonchev–Trinajstić information content (AvgIpc) is 3.20. The van der Waals surface area contributed by atoms with Crippen LogP contribution in [-0.4, -0.2) is 33.6 Å². The quantitative estimate of drug-likeness (QED) is 0.538. The van der Waals surface area contributed by atoms with Crippen LogP contribution < -0.4 is 15.8 Å². The Hall–Kier alpha value is -2.29. The van der Waals surface area contributed by atoms with Gasteiger partial charge in [0.2, 0.25) is 0 Å². The monoisotopic (exact) mass is 313 g/mol. The second-order valence-corrected chi connectivity index (χ2v) is 6.25. The lowest BCUT2D eigenvalue weighted by atomic mass is 10.2. The summed E-state index contributed by atoms with van der Waals surface area (Å²) < 4.78 is 30.7. The molecule has 1 saturated carbocycles. The summed E-state index contributed by atoms with van der Waals surface area (Å²) in [5.74, 6) is -0.856. The van der Waals surface area contributed by atoms with E-state index >= 15 is 0 Å². The number of esters is 1. The molecular formula is C12H15N3O5S. The lowest BCUT2D eigenvalue weighted by Crippen LogP contribution is -2.40. The van der Waals surface area contributed by atoms with Crippen LogP contribution in [0.1, 0.15) is 23.2 Å². The van der Waals surface area contributed by atoms with Crippen LogP contribution in [0.25, 0.3) is 0 Å². The van der Waals surface area contributed by atoms with Gasteiger partial charge in [0, 0.05) is 11.7 Å². The number of ether oxygens (including phenoxy) is 1. The molecule has 1 aromatic rings. The smallest absolute Gasteiger partial charge is 0.339 e. The van der Waals surface area contributed by atoms with Crippen molar-refractivity contribution in [3.8, 4) is 0 Å². The number of sulfonamides is 1. The molecule has 4 N–H and O–H groups in total. The van der Waals surface area contributed by atoms with Crippen LogP contribution in [0.5, 0.6) is 0 Å². The third kappa shape index (κ3) is 3.63. The first-order valence-corrected chi connectivity index (χ1v) is 7.63. The highest BCUT2D eigenvalue weighted by Crippen LogP contribution is 2.21. The van der Waals surface area contributed by atoms with E-state index in [1.54, 1.807) is 0 Å². The third-order valence-corrected chi connectivity index (χ3v) is 4.23. The molecule has 0 radical (unpaired) electrons. The van der Waals surface area contributed by atoms with Gasteiger partial charge in [-0.15, -0.1) is 0 Å². The second-order valence-electron chi connectivity index (χ2n) is 4.60. The van der Waals surface area contributed by atoms with Crippen molar-refractivity contribution < 1.29 is 22.7 Å². The van der Waals surface area contributed by atoms with Crippen molar-refractivity contribution in [2.45, 2.75) is 23.8 Å². The Morgan fingerprint density at radius 3 is 2.57 bits per heavy atom. The minimum absolute atomic E-state index is 0.00620. The highest BCUT2D eigenvalue weighted by Gasteiger charge is 2.28. The Balaban J connectivity index is 2.30. The third-order valence-electron chi connectivity index (χ3n) is 2.84. The van der Waals surface area contributed by atoms with E-state index in [0.717, 1.165) is 26.0 Å². The summed E-state index contributed by atoms with van der Waals surface area (Å²) in [6.07, 6.45) is 1.64. The van der Waals surface area contributed by atoms with E-state index in [9.17, 15) is 18.0 Å². The molecule has 0 aliphatic heterocycles. The number of urea groups is 1. The van der Waals surface area contributed by atoms with Gasteiger partial charge in [0.25, 0.3) is 10.0 Å². The van der Waals surface area contributed by atoms with Gasteiger partial charge in [-0.05, 0) is 31.0 Å². The van der Waals surface area contributed by atoms with Crippen molar-refractivity contribution in [2.75, 3.05) is 12.8 Å². The van der Waals surface area contributed by atoms with E-state index in [2.05, 4.69) is 10.1 Å². The van der Waals surface area contributed by atoms with E-state index in [4.69, 9.17) is 5.73 Å². The number of nitrogens with one attached hydrogen (secondary N) is 2. The summed E-state index contributed by atoms with van der Waals surface area (Å²) in [7, 11) is -3.08. The molecule has 2 amide bonds. The minimum Gasteiger partial charge on any atom is -0.465 e. The summed E-state index contributed by atoms with van der Waals surface area (Å²) >= 11 is 0. The second kappa shape index (κ2) is 5.60. The summed E-state index contributed by atoms with van der Waals surface area (Å²) in [6, 6.07) is 2.82. The summed E-state index contributed by atoms with van der Waals surface area (Å²) in [6.45, 7) is 0. The minimum atomic E-state index is -4.20. The Bertz CT molecular complexity index is 682. The molecule has 1 aromatic carbocycles. The molecule has 114 valence electrons. The van der Waals surface area contributed by atoms with Crippen molar-refractivity contribution in [1.29, 1.82) is 0 Å². The van der Waals surface area contributed by atoms with Gasteiger partial charge >= 0.3 is 12.0 Å². The van der Waals surface area contributed by atoms with Crippen LogP contribution in [-0.2, 0) is 14.8 Å². The van der Waals surface area contributed by atoms with Gasteiger partial charge in [-0.1, -0.05) is 0 Å². The van der Waals surface area contributed by atoms with Crippen LogP contribution in [0.2, 0.25) is 0 Å². The number of amides is 2. The van der Waals surface area contributed by atoms with E-state index in [1.165, 1.54) is 12.1 Å². The predicted octanol–water partition coefficient (Wildman–Crippen LogP) is 0.206. The lowest BCUT2D eigenvalue weighted by molar-refractivity contribution is 0.0596. The fourth-order valence-electron chi connectivity index (χ4n) is 1.67. The fourth-order valence-corrected chi connectivity index (χ4v) is 2.76. The van der Waals surface area contributed by atoms with Gasteiger partial charge in [0.15, 0.2) is 0 Å². The molecule has 2 rings (SSSR count). The number of anilines is 1. The number of methoxy groups -OCH3 is 1. The molecule has 8 nitrogen and oxygen atoms in total. The molecule has 0 bridgehead atoms. The summed E-state index contributed by atoms with van der Waals surface area (Å²) in [5.41, 5.74) is 5.51. The van der Waals surface area contributed by atoms with Crippen LogP contribution in [0.4, 0.5) is 10.5 Å². The average molecular weight is 313 g/mol. The highest BCUT2D eigenvalue weighted by molar-refractivity contribution is 7.90. The van der Waals surface area contributed by atoms with Crippen molar-refractivity contribution in [1.82, 2.24) is 10.0 Å². The molecule has 0 aromatic heterocycles. The van der Waals surface area contributed by atoms with Gasteiger partial charge in [-0.3, -0.25) is 0 Å². The standard InChI is InChI=1S/C12H15N3O5S/c1-20-11(16)9-6-7(13)2-5-10(9)21(18,19)15-12(17)14-8-3-4-8/h2,5-6,8H,3-4,13H2,1H3,(H2,14,15,17). The molecular weight excluding hydrogens is 298 g/mol. The SMILES string of the molecule is COC(=O)c1cc(N)ccc1S(=O)(=O)NC(=O)NC1CC1. The van der Waals surface area contributed by atoms with Crippen molar-refractivity contribution in [3.05, 3.63) is 23.8 Å². The topological polar surface area (TPSA) is 128 Å². The molecule has 21 heavy (non-hydrogen) atoms. The number of nitrogen functional groups attached to an aromatic ring is 1. The van der Waals surface area contributed by atoms with Crippen molar-refractivity contribution in [3.63, 3.8) is 0 Å². The van der Waals surface area contributed by atoms with Crippen LogP contribution in [0, 0.1) is 0 Å². The van der Waals surface area contributed by atoms with E-state index < -0.39 is 22.0 Å².